The third-order valence-electron chi connectivity index (χ3n) is 6.36. The number of phenols is 1. The van der Waals surface area contributed by atoms with Gasteiger partial charge in [0.1, 0.15) is 18.1 Å². The Labute approximate surface area is 202 Å². The summed E-state index contributed by atoms with van der Waals surface area (Å²) in [6.45, 7) is 13.5. The van der Waals surface area contributed by atoms with Crippen LogP contribution in [0.2, 0.25) is 23.2 Å². The predicted octanol–water partition coefficient (Wildman–Crippen LogP) is 7.80. The third kappa shape index (κ3) is 5.60. The van der Waals surface area contributed by atoms with Gasteiger partial charge in [-0.05, 0) is 47.4 Å². The fourth-order valence-electron chi connectivity index (χ4n) is 3.25. The first-order valence-corrected chi connectivity index (χ1v) is 14.2. The van der Waals surface area contributed by atoms with Crippen molar-refractivity contribution < 1.29 is 19.1 Å². The maximum Gasteiger partial charge on any atom is 0.153 e. The number of aromatic hydroxyl groups is 1. The number of phenolic OH excluding ortho intramolecular Hbond substituents is 1. The zero-order valence-electron chi connectivity index (χ0n) is 20.0. The van der Waals surface area contributed by atoms with Crippen LogP contribution in [-0.2, 0) is 6.61 Å². The summed E-state index contributed by atoms with van der Waals surface area (Å²) >= 11 is 6.21. The second kappa shape index (κ2) is 9.62. The number of hydrogen-bond acceptors (Lipinski definition) is 4. The molecule has 0 aliphatic rings. The number of benzene rings is 3. The van der Waals surface area contributed by atoms with Gasteiger partial charge < -0.3 is 14.3 Å². The molecule has 0 saturated carbocycles. The number of aldehydes is 1. The molecule has 0 spiro atoms. The molecule has 0 heterocycles. The summed E-state index contributed by atoms with van der Waals surface area (Å²) in [6, 6.07) is 17.1. The maximum atomic E-state index is 11.0. The van der Waals surface area contributed by atoms with Crippen molar-refractivity contribution in [1.29, 1.82) is 0 Å². The minimum Gasteiger partial charge on any atom is -0.689 e. The lowest BCUT2D eigenvalue weighted by Gasteiger charge is -2.48. The Morgan fingerprint density at radius 3 is 2.42 bits per heavy atom. The quantitative estimate of drug-likeness (QED) is 0.275. The van der Waals surface area contributed by atoms with E-state index in [4.69, 9.17) is 20.8 Å². The van der Waals surface area contributed by atoms with Crippen LogP contribution in [0.3, 0.4) is 0 Å². The molecular formula is C27H31ClO4Si-. The molecule has 0 fully saturated rings. The smallest absolute Gasteiger partial charge is 0.153 e. The molecule has 3 aromatic rings. The molecule has 0 amide bonds. The lowest BCUT2D eigenvalue weighted by molar-refractivity contribution is 0.112. The number of carbonyl (C=O) groups is 1. The van der Waals surface area contributed by atoms with Crippen LogP contribution in [0.25, 0.3) is 11.1 Å². The topological polar surface area (TPSA) is 55.8 Å². The summed E-state index contributed by atoms with van der Waals surface area (Å²) < 4.78 is 12.4. The van der Waals surface area contributed by atoms with Crippen molar-refractivity contribution in [3.05, 3.63) is 76.3 Å². The normalized spacial score (nSPS) is 11.8. The van der Waals surface area contributed by atoms with Gasteiger partial charge in [0.25, 0.3) is 0 Å². The summed E-state index contributed by atoms with van der Waals surface area (Å²) in [4.78, 5) is 11.0. The summed E-state index contributed by atoms with van der Waals surface area (Å²) in [5.41, 5.74) is 4.40. The number of hydrogen-bond donors (Lipinski definition) is 1. The van der Waals surface area contributed by atoms with E-state index in [2.05, 4.69) is 59.0 Å². The molecule has 33 heavy (non-hydrogen) atoms. The molecule has 3 aromatic carbocycles. The van der Waals surface area contributed by atoms with Crippen molar-refractivity contribution in [1.82, 2.24) is 0 Å². The van der Waals surface area contributed by atoms with Crippen LogP contribution in [0.15, 0.2) is 54.6 Å². The lowest BCUT2D eigenvalue weighted by atomic mass is 9.96. The number of carbonyl (C=O) groups excluding carboxylic acids is 1. The Balaban J connectivity index is 1.85. The largest absolute Gasteiger partial charge is 0.689 e. The molecule has 0 aliphatic carbocycles. The van der Waals surface area contributed by atoms with Gasteiger partial charge in [0.15, 0.2) is 6.29 Å². The highest BCUT2D eigenvalue weighted by molar-refractivity contribution is 6.74. The lowest BCUT2D eigenvalue weighted by Crippen LogP contribution is -2.43. The van der Waals surface area contributed by atoms with Gasteiger partial charge in [-0.3, -0.25) is 4.79 Å². The summed E-state index contributed by atoms with van der Waals surface area (Å²) in [5, 5.41) is 10.3. The monoisotopic (exact) mass is 482 g/mol. The molecule has 0 saturated heterocycles. The SMILES string of the molecule is Cc1c(COc2cc(O)c(C=O)cc2Cl)cccc1-c1cccc(O[Si-](C)(C)C(C)(C)C)c1. The van der Waals surface area contributed by atoms with Gasteiger partial charge in [-0.15, -0.1) is 18.1 Å². The number of ether oxygens (including phenoxy) is 1. The Morgan fingerprint density at radius 1 is 1.06 bits per heavy atom. The van der Waals surface area contributed by atoms with Gasteiger partial charge in [0, 0.05) is 14.4 Å². The average molecular weight is 483 g/mol. The molecule has 0 bridgehead atoms. The van der Waals surface area contributed by atoms with Crippen LogP contribution in [0, 0.1) is 6.92 Å². The van der Waals surface area contributed by atoms with Crippen LogP contribution < -0.4 is 9.16 Å². The zero-order chi connectivity index (χ0) is 24.4. The highest BCUT2D eigenvalue weighted by atomic mass is 35.5. The van der Waals surface area contributed by atoms with Gasteiger partial charge in [-0.2, -0.15) is 0 Å². The predicted molar refractivity (Wildman–Crippen MR) is 137 cm³/mol. The Bertz CT molecular complexity index is 1170. The molecular weight excluding hydrogens is 452 g/mol. The van der Waals surface area contributed by atoms with Gasteiger partial charge in [-0.25, -0.2) is 0 Å². The van der Waals surface area contributed by atoms with Gasteiger partial charge >= 0.3 is 0 Å². The molecule has 4 nitrogen and oxygen atoms in total. The molecule has 0 radical (unpaired) electrons. The van der Waals surface area contributed by atoms with E-state index < -0.39 is 8.32 Å². The van der Waals surface area contributed by atoms with E-state index in [1.54, 1.807) is 0 Å². The zero-order valence-corrected chi connectivity index (χ0v) is 21.8. The second-order valence-electron chi connectivity index (χ2n) is 9.73. The molecule has 0 aromatic heterocycles. The minimum absolute atomic E-state index is 0.121. The standard InChI is InChI=1S/C27H31ClO4Si/c1-18-20(17-31-26-15-25(30)21(16-29)14-24(26)28)10-8-12-23(18)19-9-7-11-22(13-19)32-33(5,6)27(2,3)4/h7-16,30H,17H2,1-6H3/q-1. The van der Waals surface area contributed by atoms with Gasteiger partial charge in [-0.1, -0.05) is 62.7 Å². The number of rotatable bonds is 7. The van der Waals surface area contributed by atoms with E-state index in [0.29, 0.717) is 12.0 Å². The van der Waals surface area contributed by atoms with E-state index in [1.165, 1.54) is 12.1 Å². The van der Waals surface area contributed by atoms with E-state index >= 15 is 0 Å². The molecule has 0 aliphatic heterocycles. The highest BCUT2D eigenvalue weighted by Gasteiger charge is 2.26. The van der Waals surface area contributed by atoms with Crippen LogP contribution >= 0.6 is 11.6 Å². The van der Waals surface area contributed by atoms with Crippen molar-refractivity contribution >= 4 is 26.2 Å². The van der Waals surface area contributed by atoms with Crippen LogP contribution in [0.1, 0.15) is 42.3 Å². The van der Waals surface area contributed by atoms with Crippen LogP contribution in [0.5, 0.6) is 17.2 Å². The van der Waals surface area contributed by atoms with Crippen molar-refractivity contribution in [2.75, 3.05) is 0 Å². The first-order valence-electron chi connectivity index (χ1n) is 10.9. The first kappa shape index (κ1) is 24.9. The Kier molecular flexibility index (Phi) is 7.25. The molecule has 1 N–H and O–H groups in total. The maximum absolute atomic E-state index is 11.0. The van der Waals surface area contributed by atoms with E-state index in [9.17, 15) is 9.90 Å². The van der Waals surface area contributed by atoms with Crippen molar-refractivity contribution in [3.63, 3.8) is 0 Å². The Hall–Kier alpha value is -2.76. The Morgan fingerprint density at radius 2 is 1.76 bits per heavy atom. The van der Waals surface area contributed by atoms with E-state index in [-0.39, 0.29) is 28.0 Å². The van der Waals surface area contributed by atoms with E-state index in [1.807, 2.05) is 24.3 Å². The fraction of sp³-hybridized carbons (Fsp3) is 0.296. The van der Waals surface area contributed by atoms with Gasteiger partial charge in [0.05, 0.1) is 16.3 Å². The second-order valence-corrected chi connectivity index (χ2v) is 14.9. The van der Waals surface area contributed by atoms with Crippen molar-refractivity contribution in [2.45, 2.75) is 52.4 Å². The third-order valence-corrected chi connectivity index (χ3v) is 11.0. The summed E-state index contributed by atoms with van der Waals surface area (Å²) in [6.07, 6.45) is 0.557. The van der Waals surface area contributed by atoms with Crippen molar-refractivity contribution in [3.8, 4) is 28.4 Å². The summed E-state index contributed by atoms with van der Waals surface area (Å²) in [5.74, 6) is 1.06. The number of halogens is 1. The molecule has 6 heteroatoms. The van der Waals surface area contributed by atoms with Gasteiger partial charge in [0.2, 0.25) is 0 Å². The summed E-state index contributed by atoms with van der Waals surface area (Å²) in [7, 11) is -1.94. The molecule has 175 valence electrons. The minimum atomic E-state index is -1.94. The van der Waals surface area contributed by atoms with Crippen LogP contribution in [0.4, 0.5) is 0 Å². The highest BCUT2D eigenvalue weighted by Crippen LogP contribution is 2.38. The molecule has 3 rings (SSSR count). The molecule has 0 unspecified atom stereocenters. The van der Waals surface area contributed by atoms with Crippen LogP contribution in [-0.4, -0.2) is 19.7 Å². The first-order chi connectivity index (χ1) is 15.4. The average Bonchev–Trinajstić information content (AvgIpc) is 2.74. The molecule has 0 atom stereocenters. The fourth-order valence-corrected chi connectivity index (χ4v) is 4.50. The van der Waals surface area contributed by atoms with E-state index in [0.717, 1.165) is 28.0 Å². The van der Waals surface area contributed by atoms with Crippen molar-refractivity contribution in [2.24, 2.45) is 0 Å².